The van der Waals surface area contributed by atoms with E-state index in [2.05, 4.69) is 36.3 Å². The maximum atomic E-state index is 10.1. The second kappa shape index (κ2) is 8.42. The Morgan fingerprint density at radius 1 is 1.25 bits per heavy atom. The van der Waals surface area contributed by atoms with Gasteiger partial charge in [0, 0.05) is 29.8 Å². The molecule has 2 aromatic rings. The summed E-state index contributed by atoms with van der Waals surface area (Å²) in [6.07, 6.45) is 1.27. The zero-order chi connectivity index (χ0) is 17.6. The summed E-state index contributed by atoms with van der Waals surface area (Å²) in [5, 5.41) is 20.6. The van der Waals surface area contributed by atoms with Crippen LogP contribution in [0.4, 0.5) is 0 Å². The molecule has 2 atom stereocenters. The molecule has 0 saturated heterocycles. The van der Waals surface area contributed by atoms with Gasteiger partial charge in [-0.1, -0.05) is 51.1 Å². The molecule has 3 N–H and O–H groups in total. The molecule has 0 aliphatic heterocycles. The fourth-order valence-electron chi connectivity index (χ4n) is 2.60. The third kappa shape index (κ3) is 5.44. The van der Waals surface area contributed by atoms with Crippen molar-refractivity contribution in [2.45, 2.75) is 51.9 Å². The summed E-state index contributed by atoms with van der Waals surface area (Å²) in [6.45, 7) is 9.91. The van der Waals surface area contributed by atoms with Crippen molar-refractivity contribution in [1.82, 2.24) is 15.5 Å². The quantitative estimate of drug-likeness (QED) is 0.695. The SMILES string of the molecule is C[C@@H](OC[C@H](O)CNCc1cn[nH]c1C(C)(C)C)c1ccccc1. The van der Waals surface area contributed by atoms with E-state index in [-0.39, 0.29) is 11.5 Å². The Hall–Kier alpha value is -1.69. The minimum atomic E-state index is -0.541. The summed E-state index contributed by atoms with van der Waals surface area (Å²) in [7, 11) is 0. The normalized spacial score (nSPS) is 14.5. The van der Waals surface area contributed by atoms with Gasteiger partial charge in [0.1, 0.15) is 0 Å². The number of rotatable bonds is 8. The molecule has 0 bridgehead atoms. The molecule has 0 fully saturated rings. The molecule has 1 heterocycles. The number of aromatic amines is 1. The fourth-order valence-corrected chi connectivity index (χ4v) is 2.60. The molecule has 0 unspecified atom stereocenters. The number of ether oxygens (including phenoxy) is 1. The fraction of sp³-hybridized carbons (Fsp3) is 0.526. The number of nitrogens with one attached hydrogen (secondary N) is 2. The van der Waals surface area contributed by atoms with Gasteiger partial charge in [-0.3, -0.25) is 5.10 Å². The summed E-state index contributed by atoms with van der Waals surface area (Å²) < 4.78 is 5.75. The van der Waals surface area contributed by atoms with Gasteiger partial charge in [-0.25, -0.2) is 0 Å². The third-order valence-corrected chi connectivity index (χ3v) is 3.97. The van der Waals surface area contributed by atoms with Crippen LogP contribution >= 0.6 is 0 Å². The minimum Gasteiger partial charge on any atom is -0.389 e. The van der Waals surface area contributed by atoms with E-state index in [1.165, 1.54) is 0 Å². The number of hydrogen-bond donors (Lipinski definition) is 3. The lowest BCUT2D eigenvalue weighted by Gasteiger charge is -2.19. The first kappa shape index (κ1) is 18.6. The van der Waals surface area contributed by atoms with Gasteiger partial charge < -0.3 is 15.2 Å². The Balaban J connectivity index is 1.72. The molecular formula is C19H29N3O2. The van der Waals surface area contributed by atoms with Crippen molar-refractivity contribution in [1.29, 1.82) is 0 Å². The largest absolute Gasteiger partial charge is 0.389 e. The summed E-state index contributed by atoms with van der Waals surface area (Å²) in [4.78, 5) is 0. The zero-order valence-electron chi connectivity index (χ0n) is 15.0. The van der Waals surface area contributed by atoms with Crippen molar-refractivity contribution in [3.8, 4) is 0 Å². The Bertz CT molecular complexity index is 605. The van der Waals surface area contributed by atoms with Crippen LogP contribution in [0.1, 0.15) is 50.6 Å². The Labute approximate surface area is 144 Å². The maximum Gasteiger partial charge on any atom is 0.0898 e. The first-order valence-electron chi connectivity index (χ1n) is 8.46. The molecule has 5 nitrogen and oxygen atoms in total. The van der Waals surface area contributed by atoms with Crippen LogP contribution in [0.3, 0.4) is 0 Å². The van der Waals surface area contributed by atoms with Crippen LogP contribution in [0, 0.1) is 0 Å². The van der Waals surface area contributed by atoms with Gasteiger partial charge in [0.2, 0.25) is 0 Å². The van der Waals surface area contributed by atoms with Crippen molar-refractivity contribution in [2.24, 2.45) is 0 Å². The van der Waals surface area contributed by atoms with Gasteiger partial charge >= 0.3 is 0 Å². The Kier molecular flexibility index (Phi) is 6.54. The first-order valence-corrected chi connectivity index (χ1v) is 8.46. The standard InChI is InChI=1S/C19H29N3O2/c1-14(15-8-6-5-7-9-15)24-13-17(23)12-20-10-16-11-21-22-18(16)19(2,3)4/h5-9,11,14,17,20,23H,10,12-13H2,1-4H3,(H,21,22)/t14-,17-/m1/s1. The molecule has 0 amide bonds. The van der Waals surface area contributed by atoms with Crippen LogP contribution in [0.5, 0.6) is 0 Å². The van der Waals surface area contributed by atoms with Crippen LogP contribution in [0.15, 0.2) is 36.5 Å². The van der Waals surface area contributed by atoms with E-state index in [1.807, 2.05) is 43.5 Å². The molecule has 24 heavy (non-hydrogen) atoms. The Morgan fingerprint density at radius 3 is 2.62 bits per heavy atom. The van der Waals surface area contributed by atoms with Crippen molar-refractivity contribution < 1.29 is 9.84 Å². The lowest BCUT2D eigenvalue weighted by atomic mass is 9.89. The van der Waals surface area contributed by atoms with Crippen LogP contribution < -0.4 is 5.32 Å². The second-order valence-corrected chi connectivity index (χ2v) is 7.19. The van der Waals surface area contributed by atoms with E-state index in [0.29, 0.717) is 19.7 Å². The summed E-state index contributed by atoms with van der Waals surface area (Å²) >= 11 is 0. The number of aromatic nitrogens is 2. The maximum absolute atomic E-state index is 10.1. The van der Waals surface area contributed by atoms with Crippen LogP contribution in [0.25, 0.3) is 0 Å². The predicted molar refractivity (Wildman–Crippen MR) is 95.8 cm³/mol. The van der Waals surface area contributed by atoms with Crippen LogP contribution in [-0.2, 0) is 16.7 Å². The average molecular weight is 331 g/mol. The highest BCUT2D eigenvalue weighted by molar-refractivity contribution is 5.23. The number of aliphatic hydroxyl groups excluding tert-OH is 1. The Morgan fingerprint density at radius 2 is 1.96 bits per heavy atom. The average Bonchev–Trinajstić information content (AvgIpc) is 3.02. The highest BCUT2D eigenvalue weighted by Gasteiger charge is 2.19. The molecular weight excluding hydrogens is 302 g/mol. The second-order valence-electron chi connectivity index (χ2n) is 7.19. The van der Waals surface area contributed by atoms with Crippen LogP contribution in [-0.4, -0.2) is 34.6 Å². The van der Waals surface area contributed by atoms with Gasteiger partial charge in [-0.05, 0) is 12.5 Å². The number of aliphatic hydroxyl groups is 1. The van der Waals surface area contributed by atoms with Crippen molar-refractivity contribution in [3.05, 3.63) is 53.3 Å². The molecule has 0 radical (unpaired) electrons. The van der Waals surface area contributed by atoms with Crippen molar-refractivity contribution >= 4 is 0 Å². The lowest BCUT2D eigenvalue weighted by molar-refractivity contribution is -0.00213. The zero-order valence-corrected chi connectivity index (χ0v) is 15.0. The van der Waals surface area contributed by atoms with Crippen LogP contribution in [0.2, 0.25) is 0 Å². The van der Waals surface area contributed by atoms with E-state index < -0.39 is 6.10 Å². The molecule has 5 heteroatoms. The summed E-state index contributed by atoms with van der Waals surface area (Å²) in [6, 6.07) is 10.0. The van der Waals surface area contributed by atoms with E-state index in [9.17, 15) is 5.11 Å². The first-order chi connectivity index (χ1) is 11.4. The van der Waals surface area contributed by atoms with E-state index >= 15 is 0 Å². The van der Waals surface area contributed by atoms with E-state index in [1.54, 1.807) is 0 Å². The highest BCUT2D eigenvalue weighted by atomic mass is 16.5. The summed E-state index contributed by atoms with van der Waals surface area (Å²) in [5.41, 5.74) is 3.40. The number of H-pyrrole nitrogens is 1. The number of hydrogen-bond acceptors (Lipinski definition) is 4. The van der Waals surface area contributed by atoms with Gasteiger partial charge in [-0.2, -0.15) is 5.10 Å². The number of nitrogens with zero attached hydrogens (tertiary/aromatic N) is 1. The van der Waals surface area contributed by atoms with Gasteiger partial charge in [0.25, 0.3) is 0 Å². The molecule has 1 aromatic heterocycles. The van der Waals surface area contributed by atoms with E-state index in [0.717, 1.165) is 16.8 Å². The molecule has 0 aliphatic rings. The molecule has 0 saturated carbocycles. The smallest absolute Gasteiger partial charge is 0.0898 e. The topological polar surface area (TPSA) is 70.2 Å². The highest BCUT2D eigenvalue weighted by Crippen LogP contribution is 2.23. The van der Waals surface area contributed by atoms with Gasteiger partial charge in [-0.15, -0.1) is 0 Å². The summed E-state index contributed by atoms with van der Waals surface area (Å²) in [5.74, 6) is 0. The molecule has 132 valence electrons. The minimum absolute atomic E-state index is 0.0257. The molecule has 1 aromatic carbocycles. The molecule has 0 aliphatic carbocycles. The third-order valence-electron chi connectivity index (χ3n) is 3.97. The van der Waals surface area contributed by atoms with Crippen molar-refractivity contribution in [2.75, 3.05) is 13.2 Å². The predicted octanol–water partition coefficient (Wildman–Crippen LogP) is 2.94. The molecule has 0 spiro atoms. The number of benzene rings is 1. The van der Waals surface area contributed by atoms with Gasteiger partial charge in [0.15, 0.2) is 0 Å². The van der Waals surface area contributed by atoms with E-state index in [4.69, 9.17) is 4.74 Å². The molecule has 2 rings (SSSR count). The monoisotopic (exact) mass is 331 g/mol. The van der Waals surface area contributed by atoms with Crippen molar-refractivity contribution in [3.63, 3.8) is 0 Å². The van der Waals surface area contributed by atoms with Gasteiger partial charge in [0.05, 0.1) is 25.0 Å². The lowest BCUT2D eigenvalue weighted by Crippen LogP contribution is -2.31.